The number of hydrogen-bond donors (Lipinski definition) is 0. The maximum Gasteiger partial charge on any atom is 0.365 e. The van der Waals surface area contributed by atoms with Gasteiger partial charge in [0.1, 0.15) is 0 Å². The van der Waals surface area contributed by atoms with Gasteiger partial charge in [0.2, 0.25) is 0 Å². The lowest BCUT2D eigenvalue weighted by Gasteiger charge is -2.12. The number of benzene rings is 2. The van der Waals surface area contributed by atoms with Crippen molar-refractivity contribution in [1.82, 2.24) is 19.8 Å². The Bertz CT molecular complexity index is 1350. The number of hydrogen-bond acceptors (Lipinski definition) is 6. The van der Waals surface area contributed by atoms with Gasteiger partial charge in [-0.25, -0.2) is 14.5 Å². The lowest BCUT2D eigenvalue weighted by Crippen LogP contribution is -2.32. The van der Waals surface area contributed by atoms with Crippen LogP contribution in [0.25, 0.3) is 11.0 Å². The van der Waals surface area contributed by atoms with Gasteiger partial charge in [0, 0.05) is 16.6 Å². The fourth-order valence-electron chi connectivity index (χ4n) is 3.37. The third-order valence-electron chi connectivity index (χ3n) is 4.92. The minimum atomic E-state index is -0.872. The highest BCUT2D eigenvalue weighted by atomic mass is 35.5. The zero-order chi connectivity index (χ0) is 21.5. The van der Waals surface area contributed by atoms with Gasteiger partial charge in [0.15, 0.2) is 5.65 Å². The molecule has 31 heavy (non-hydrogen) atoms. The first-order chi connectivity index (χ1) is 15.0. The van der Waals surface area contributed by atoms with E-state index in [1.807, 2.05) is 18.2 Å². The van der Waals surface area contributed by atoms with Gasteiger partial charge in [-0.05, 0) is 29.8 Å². The summed E-state index contributed by atoms with van der Waals surface area (Å²) >= 11 is 6.21. The summed E-state index contributed by atoms with van der Waals surface area (Å²) in [4.78, 5) is 46.7. The molecule has 0 saturated carbocycles. The van der Waals surface area contributed by atoms with Gasteiger partial charge in [0.25, 0.3) is 11.8 Å². The van der Waals surface area contributed by atoms with Crippen LogP contribution in [0, 0.1) is 0 Å². The number of rotatable bonds is 4. The molecule has 9 heteroatoms. The molecule has 2 aromatic carbocycles. The molecule has 0 aliphatic carbocycles. The maximum atomic E-state index is 12.6. The fourth-order valence-corrected chi connectivity index (χ4v) is 3.57. The molecule has 1 aliphatic rings. The average molecular weight is 433 g/mol. The predicted molar refractivity (Wildman–Crippen MR) is 110 cm³/mol. The number of imide groups is 1. The fraction of sp³-hybridized carbons (Fsp3) is 0.0455. The first kappa shape index (κ1) is 19.0. The highest BCUT2D eigenvalue weighted by Gasteiger charge is 2.38. The van der Waals surface area contributed by atoms with Crippen LogP contribution in [-0.4, -0.2) is 37.6 Å². The van der Waals surface area contributed by atoms with Gasteiger partial charge in [-0.3, -0.25) is 9.59 Å². The SMILES string of the molecule is O=C(ON1C(=O)c2ccccc2C1=O)c1cnc2c(cnn2Cc2ccccc2Cl)c1. The smallest absolute Gasteiger partial charge is 0.324 e. The van der Waals surface area contributed by atoms with E-state index in [1.165, 1.54) is 18.3 Å². The minimum Gasteiger partial charge on any atom is -0.324 e. The topological polar surface area (TPSA) is 94.4 Å². The lowest BCUT2D eigenvalue weighted by molar-refractivity contribution is -0.0584. The summed E-state index contributed by atoms with van der Waals surface area (Å²) in [6.45, 7) is 0.412. The van der Waals surface area contributed by atoms with E-state index in [0.717, 1.165) is 5.56 Å². The van der Waals surface area contributed by atoms with Crippen LogP contribution < -0.4 is 0 Å². The molecule has 0 saturated heterocycles. The molecule has 1 aliphatic heterocycles. The largest absolute Gasteiger partial charge is 0.365 e. The van der Waals surface area contributed by atoms with Gasteiger partial charge >= 0.3 is 5.97 Å². The second-order valence-electron chi connectivity index (χ2n) is 6.86. The quantitative estimate of drug-likeness (QED) is 0.458. The minimum absolute atomic E-state index is 0.0846. The molecule has 2 aromatic heterocycles. The van der Waals surface area contributed by atoms with E-state index >= 15 is 0 Å². The predicted octanol–water partition coefficient (Wildman–Crippen LogP) is 3.50. The van der Waals surface area contributed by atoms with Crippen LogP contribution in [0.5, 0.6) is 0 Å². The van der Waals surface area contributed by atoms with Crippen molar-refractivity contribution < 1.29 is 19.2 Å². The van der Waals surface area contributed by atoms with Gasteiger partial charge in [-0.2, -0.15) is 5.10 Å². The molecule has 0 spiro atoms. The number of pyridine rings is 1. The number of fused-ring (bicyclic) bond motifs is 2. The molecule has 0 atom stereocenters. The van der Waals surface area contributed by atoms with Crippen molar-refractivity contribution in [3.05, 3.63) is 94.3 Å². The van der Waals surface area contributed by atoms with E-state index in [-0.39, 0.29) is 16.7 Å². The van der Waals surface area contributed by atoms with Crippen LogP contribution in [0.15, 0.2) is 67.0 Å². The third-order valence-corrected chi connectivity index (χ3v) is 5.29. The molecule has 0 fully saturated rings. The van der Waals surface area contributed by atoms with Crippen molar-refractivity contribution in [2.24, 2.45) is 0 Å². The Morgan fingerprint density at radius 3 is 2.35 bits per heavy atom. The Morgan fingerprint density at radius 2 is 1.65 bits per heavy atom. The van der Waals surface area contributed by atoms with Crippen molar-refractivity contribution in [2.45, 2.75) is 6.54 Å². The summed E-state index contributed by atoms with van der Waals surface area (Å²) in [5.74, 6) is -2.24. The molecule has 4 aromatic rings. The van der Waals surface area contributed by atoms with Crippen molar-refractivity contribution in [3.8, 4) is 0 Å². The second-order valence-corrected chi connectivity index (χ2v) is 7.27. The average Bonchev–Trinajstić information content (AvgIpc) is 3.29. The first-order valence-electron chi connectivity index (χ1n) is 9.28. The van der Waals surface area contributed by atoms with E-state index in [9.17, 15) is 14.4 Å². The second kappa shape index (κ2) is 7.33. The van der Waals surface area contributed by atoms with E-state index in [4.69, 9.17) is 16.4 Å². The van der Waals surface area contributed by atoms with E-state index in [0.29, 0.717) is 27.7 Å². The third kappa shape index (κ3) is 3.23. The first-order valence-corrected chi connectivity index (χ1v) is 9.66. The molecule has 5 rings (SSSR count). The van der Waals surface area contributed by atoms with Crippen LogP contribution in [0.2, 0.25) is 5.02 Å². The van der Waals surface area contributed by atoms with Gasteiger partial charge in [-0.15, -0.1) is 0 Å². The summed E-state index contributed by atoms with van der Waals surface area (Å²) in [5.41, 5.74) is 1.90. The number of aromatic nitrogens is 3. The number of halogens is 1. The molecule has 152 valence electrons. The summed E-state index contributed by atoms with van der Waals surface area (Å²) in [7, 11) is 0. The zero-order valence-electron chi connectivity index (χ0n) is 15.9. The molecular weight excluding hydrogens is 420 g/mol. The molecule has 0 unspecified atom stereocenters. The van der Waals surface area contributed by atoms with Crippen LogP contribution in [0.4, 0.5) is 0 Å². The van der Waals surface area contributed by atoms with Crippen LogP contribution in [0.3, 0.4) is 0 Å². The maximum absolute atomic E-state index is 12.6. The Morgan fingerprint density at radius 1 is 0.968 bits per heavy atom. The number of carbonyl (C=O) groups excluding carboxylic acids is 3. The summed E-state index contributed by atoms with van der Waals surface area (Å²) in [6, 6.07) is 15.2. The van der Waals surface area contributed by atoms with Crippen molar-refractivity contribution in [3.63, 3.8) is 0 Å². The molecular formula is C22H13ClN4O4. The van der Waals surface area contributed by atoms with E-state index in [2.05, 4.69) is 10.1 Å². The Hall–Kier alpha value is -4.04. The lowest BCUT2D eigenvalue weighted by atomic mass is 10.1. The number of nitrogens with zero attached hydrogens (tertiary/aromatic N) is 4. The number of hydroxylamine groups is 2. The summed E-state index contributed by atoms with van der Waals surface area (Å²) in [5, 5.41) is 6.00. The van der Waals surface area contributed by atoms with Crippen LogP contribution >= 0.6 is 11.6 Å². The molecule has 0 bridgehead atoms. The summed E-state index contributed by atoms with van der Waals surface area (Å²) in [6.07, 6.45) is 2.88. The normalized spacial score (nSPS) is 13.0. The van der Waals surface area contributed by atoms with Crippen molar-refractivity contribution in [1.29, 1.82) is 0 Å². The van der Waals surface area contributed by atoms with Crippen LogP contribution in [0.1, 0.15) is 36.6 Å². The van der Waals surface area contributed by atoms with Crippen LogP contribution in [-0.2, 0) is 11.4 Å². The van der Waals surface area contributed by atoms with Crippen molar-refractivity contribution >= 4 is 40.4 Å². The Balaban J connectivity index is 1.38. The zero-order valence-corrected chi connectivity index (χ0v) is 16.6. The molecule has 2 amide bonds. The standard InChI is InChI=1S/C22H13ClN4O4/c23-18-8-4-1-5-13(18)12-26-19-14(11-25-26)9-15(10-24-19)22(30)31-27-20(28)16-6-2-3-7-17(16)21(27)29/h1-11H,12H2. The highest BCUT2D eigenvalue weighted by molar-refractivity contribution is 6.31. The van der Waals surface area contributed by atoms with Crippen molar-refractivity contribution in [2.75, 3.05) is 0 Å². The molecule has 0 radical (unpaired) electrons. The molecule has 0 N–H and O–H groups in total. The number of carbonyl (C=O) groups is 3. The molecule has 3 heterocycles. The monoisotopic (exact) mass is 432 g/mol. The molecule has 8 nitrogen and oxygen atoms in total. The number of amides is 2. The van der Waals surface area contributed by atoms with Gasteiger partial charge in [-0.1, -0.05) is 47.0 Å². The van der Waals surface area contributed by atoms with Gasteiger partial charge < -0.3 is 4.84 Å². The van der Waals surface area contributed by atoms with E-state index < -0.39 is 17.8 Å². The highest BCUT2D eigenvalue weighted by Crippen LogP contribution is 2.24. The Labute approximate surface area is 180 Å². The van der Waals surface area contributed by atoms with E-state index in [1.54, 1.807) is 35.1 Å². The summed E-state index contributed by atoms with van der Waals surface area (Å²) < 4.78 is 1.66. The van der Waals surface area contributed by atoms with Gasteiger partial charge in [0.05, 0.1) is 29.4 Å². The Kier molecular flexibility index (Phi) is 4.48.